The third kappa shape index (κ3) is 2.59. The molecule has 5 nitrogen and oxygen atoms in total. The van der Waals surface area contributed by atoms with Crippen LogP contribution in [0.5, 0.6) is 0 Å². The average molecular weight is 277 g/mol. The number of amides is 1. The molecule has 0 radical (unpaired) electrons. The molecule has 110 valence electrons. The molecule has 1 aliphatic heterocycles. The molecule has 1 amide bonds. The summed E-state index contributed by atoms with van der Waals surface area (Å²) in [5.41, 5.74) is 0.531. The van der Waals surface area contributed by atoms with Crippen LogP contribution in [0, 0.1) is 0 Å². The minimum absolute atomic E-state index is 0.111. The molecule has 0 spiro atoms. The second-order valence-electron chi connectivity index (χ2n) is 6.68. The normalized spacial score (nSPS) is 25.1. The number of hydrogen-bond acceptors (Lipinski definition) is 4. The number of nitrogens with one attached hydrogen (secondary N) is 1. The molecular formula is C15H23N3O2. The first kappa shape index (κ1) is 13.6. The van der Waals surface area contributed by atoms with Gasteiger partial charge in [0.15, 0.2) is 5.69 Å². The van der Waals surface area contributed by atoms with Gasteiger partial charge in [-0.2, -0.15) is 0 Å². The van der Waals surface area contributed by atoms with Gasteiger partial charge < -0.3 is 9.84 Å². The number of aromatic nitrogens is 1. The quantitative estimate of drug-likeness (QED) is 0.913. The monoisotopic (exact) mass is 277 g/mol. The first-order chi connectivity index (χ1) is 9.48. The van der Waals surface area contributed by atoms with E-state index < -0.39 is 0 Å². The molecule has 1 unspecified atom stereocenters. The van der Waals surface area contributed by atoms with Gasteiger partial charge in [0, 0.05) is 36.7 Å². The molecule has 1 saturated heterocycles. The number of carbonyl (C=O) groups is 1. The van der Waals surface area contributed by atoms with Crippen LogP contribution in [-0.4, -0.2) is 41.1 Å². The van der Waals surface area contributed by atoms with Crippen LogP contribution < -0.4 is 5.32 Å². The second kappa shape index (κ2) is 4.88. The molecule has 1 aliphatic carbocycles. The van der Waals surface area contributed by atoms with E-state index in [9.17, 15) is 4.79 Å². The van der Waals surface area contributed by atoms with Crippen LogP contribution >= 0.6 is 0 Å². The maximum absolute atomic E-state index is 12.2. The highest BCUT2D eigenvalue weighted by atomic mass is 16.5. The van der Waals surface area contributed by atoms with Crippen molar-refractivity contribution in [1.29, 1.82) is 0 Å². The highest BCUT2D eigenvalue weighted by Gasteiger charge is 2.43. The summed E-state index contributed by atoms with van der Waals surface area (Å²) in [6.45, 7) is 8.48. The van der Waals surface area contributed by atoms with Crippen LogP contribution in [0.1, 0.15) is 56.3 Å². The molecule has 20 heavy (non-hydrogen) atoms. The summed E-state index contributed by atoms with van der Waals surface area (Å²) in [4.78, 5) is 14.6. The molecule has 1 atom stereocenters. The van der Waals surface area contributed by atoms with E-state index in [2.05, 4.69) is 36.1 Å². The van der Waals surface area contributed by atoms with E-state index in [1.807, 2.05) is 0 Å². The smallest absolute Gasteiger partial charge is 0.273 e. The van der Waals surface area contributed by atoms with E-state index in [0.29, 0.717) is 11.7 Å². The van der Waals surface area contributed by atoms with Crippen LogP contribution in [0.4, 0.5) is 0 Å². The SMILES string of the molecule is CC(C)N1CCC(NC(=O)c2cc(C3(C)CC3)on2)C1. The van der Waals surface area contributed by atoms with E-state index in [1.54, 1.807) is 6.07 Å². The van der Waals surface area contributed by atoms with Gasteiger partial charge in [-0.15, -0.1) is 0 Å². The Hall–Kier alpha value is -1.36. The Bertz CT molecular complexity index is 505. The summed E-state index contributed by atoms with van der Waals surface area (Å²) in [5.74, 6) is 0.734. The number of nitrogens with zero attached hydrogens (tertiary/aromatic N) is 2. The summed E-state index contributed by atoms with van der Waals surface area (Å²) in [7, 11) is 0. The van der Waals surface area contributed by atoms with Crippen LogP contribution in [0.3, 0.4) is 0 Å². The number of rotatable bonds is 4. The van der Waals surface area contributed by atoms with Crippen molar-refractivity contribution in [3.63, 3.8) is 0 Å². The van der Waals surface area contributed by atoms with Crippen molar-refractivity contribution in [1.82, 2.24) is 15.4 Å². The molecule has 1 aromatic heterocycles. The zero-order valence-electron chi connectivity index (χ0n) is 12.5. The van der Waals surface area contributed by atoms with Crippen molar-refractivity contribution >= 4 is 5.91 Å². The van der Waals surface area contributed by atoms with Crippen molar-refractivity contribution in [2.45, 2.75) is 57.5 Å². The molecule has 3 rings (SSSR count). The van der Waals surface area contributed by atoms with Gasteiger partial charge in [-0.1, -0.05) is 12.1 Å². The van der Waals surface area contributed by atoms with Gasteiger partial charge in [-0.25, -0.2) is 0 Å². The first-order valence-electron chi connectivity index (χ1n) is 7.50. The van der Waals surface area contributed by atoms with Crippen LogP contribution in [0.15, 0.2) is 10.6 Å². The highest BCUT2D eigenvalue weighted by molar-refractivity contribution is 5.92. The minimum Gasteiger partial charge on any atom is -0.360 e. The third-order valence-corrected chi connectivity index (χ3v) is 4.62. The number of carbonyl (C=O) groups excluding carboxylic acids is 1. The molecule has 2 aliphatic rings. The zero-order valence-corrected chi connectivity index (χ0v) is 12.5. The lowest BCUT2D eigenvalue weighted by molar-refractivity contribution is 0.0927. The molecule has 1 N–H and O–H groups in total. The standard InChI is InChI=1S/C15H23N3O2/c1-10(2)18-7-4-11(9-18)16-14(19)12-8-13(20-17-12)15(3)5-6-15/h8,10-11H,4-7,9H2,1-3H3,(H,16,19). The van der Waals surface area contributed by atoms with Crippen molar-refractivity contribution < 1.29 is 9.32 Å². The fourth-order valence-corrected chi connectivity index (χ4v) is 2.73. The largest absolute Gasteiger partial charge is 0.360 e. The molecule has 1 aromatic rings. The minimum atomic E-state index is -0.111. The molecule has 2 fully saturated rings. The summed E-state index contributed by atoms with van der Waals surface area (Å²) >= 11 is 0. The van der Waals surface area contributed by atoms with Crippen LogP contribution in [0.25, 0.3) is 0 Å². The summed E-state index contributed by atoms with van der Waals surface area (Å²) in [5, 5.41) is 6.98. The van der Waals surface area contributed by atoms with Gasteiger partial charge in [-0.05, 0) is 33.1 Å². The number of likely N-dealkylation sites (tertiary alicyclic amines) is 1. The van der Waals surface area contributed by atoms with E-state index in [0.717, 1.165) is 38.1 Å². The maximum atomic E-state index is 12.2. The molecule has 1 saturated carbocycles. The van der Waals surface area contributed by atoms with E-state index in [-0.39, 0.29) is 17.4 Å². The lowest BCUT2D eigenvalue weighted by Crippen LogP contribution is -2.38. The number of hydrogen-bond donors (Lipinski definition) is 1. The molecule has 5 heteroatoms. The Morgan fingerprint density at radius 1 is 1.55 bits per heavy atom. The Morgan fingerprint density at radius 3 is 2.90 bits per heavy atom. The van der Waals surface area contributed by atoms with Crippen LogP contribution in [-0.2, 0) is 5.41 Å². The Morgan fingerprint density at radius 2 is 2.30 bits per heavy atom. The van der Waals surface area contributed by atoms with Gasteiger partial charge in [0.1, 0.15) is 5.76 Å². The van der Waals surface area contributed by atoms with E-state index in [1.165, 1.54) is 0 Å². The zero-order chi connectivity index (χ0) is 14.3. The van der Waals surface area contributed by atoms with Crippen molar-refractivity contribution in [3.8, 4) is 0 Å². The molecule has 0 aromatic carbocycles. The predicted octanol–water partition coefficient (Wildman–Crippen LogP) is 1.94. The van der Waals surface area contributed by atoms with Crippen molar-refractivity contribution in [3.05, 3.63) is 17.5 Å². The van der Waals surface area contributed by atoms with Gasteiger partial charge in [-0.3, -0.25) is 9.69 Å². The third-order valence-electron chi connectivity index (χ3n) is 4.62. The van der Waals surface area contributed by atoms with E-state index in [4.69, 9.17) is 4.52 Å². The summed E-state index contributed by atoms with van der Waals surface area (Å²) in [6.07, 6.45) is 3.25. The van der Waals surface area contributed by atoms with Gasteiger partial charge in [0.2, 0.25) is 0 Å². The molecular weight excluding hydrogens is 254 g/mol. The Balaban J connectivity index is 1.58. The fourth-order valence-electron chi connectivity index (χ4n) is 2.73. The first-order valence-corrected chi connectivity index (χ1v) is 7.50. The van der Waals surface area contributed by atoms with Gasteiger partial charge in [0.25, 0.3) is 5.91 Å². The lowest BCUT2D eigenvalue weighted by Gasteiger charge is -2.20. The summed E-state index contributed by atoms with van der Waals surface area (Å²) in [6, 6.07) is 2.56. The lowest BCUT2D eigenvalue weighted by atomic mass is 10.1. The molecule has 0 bridgehead atoms. The topological polar surface area (TPSA) is 58.4 Å². The second-order valence-corrected chi connectivity index (χ2v) is 6.68. The van der Waals surface area contributed by atoms with Crippen LogP contribution in [0.2, 0.25) is 0 Å². The van der Waals surface area contributed by atoms with Gasteiger partial charge in [0.05, 0.1) is 0 Å². The maximum Gasteiger partial charge on any atom is 0.273 e. The van der Waals surface area contributed by atoms with Crippen molar-refractivity contribution in [2.24, 2.45) is 0 Å². The Labute approximate surface area is 119 Å². The summed E-state index contributed by atoms with van der Waals surface area (Å²) < 4.78 is 5.32. The highest BCUT2D eigenvalue weighted by Crippen LogP contribution is 2.47. The Kier molecular flexibility index (Phi) is 3.32. The average Bonchev–Trinajstić information content (AvgIpc) is 2.88. The van der Waals surface area contributed by atoms with E-state index >= 15 is 0 Å². The predicted molar refractivity (Wildman–Crippen MR) is 75.7 cm³/mol. The van der Waals surface area contributed by atoms with Gasteiger partial charge >= 0.3 is 0 Å². The fraction of sp³-hybridized carbons (Fsp3) is 0.733. The molecule has 2 heterocycles. The van der Waals surface area contributed by atoms with Crippen molar-refractivity contribution in [2.75, 3.05) is 13.1 Å².